The number of nitrogens with one attached hydrogen (secondary N) is 1. The molecule has 2 nitrogen and oxygen atoms in total. The van der Waals surface area contributed by atoms with Crippen LogP contribution in [-0.4, -0.2) is 19.7 Å². The van der Waals surface area contributed by atoms with E-state index >= 15 is 0 Å². The molecule has 1 saturated carbocycles. The van der Waals surface area contributed by atoms with Crippen LogP contribution in [0.15, 0.2) is 24.3 Å². The molecule has 1 aromatic carbocycles. The molecule has 2 aliphatic rings. The van der Waals surface area contributed by atoms with E-state index in [1.807, 2.05) is 0 Å². The smallest absolute Gasteiger partial charge is 0.122 e. The Morgan fingerprint density at radius 1 is 1.26 bits per heavy atom. The molecule has 1 aliphatic heterocycles. The minimum absolute atomic E-state index is 0.599. The van der Waals surface area contributed by atoms with Gasteiger partial charge < -0.3 is 10.1 Å². The quantitative estimate of drug-likeness (QED) is 0.896. The van der Waals surface area contributed by atoms with Gasteiger partial charge in [-0.25, -0.2) is 0 Å². The van der Waals surface area contributed by atoms with E-state index in [1.165, 1.54) is 31.2 Å². The van der Waals surface area contributed by atoms with E-state index in [1.54, 1.807) is 0 Å². The average Bonchev–Trinajstić information content (AvgIpc) is 2.83. The summed E-state index contributed by atoms with van der Waals surface area (Å²) < 4.78 is 5.83. The Morgan fingerprint density at radius 2 is 2.11 bits per heavy atom. The highest BCUT2D eigenvalue weighted by atomic mass is 16.5. The lowest BCUT2D eigenvalue weighted by molar-refractivity contribution is 0.192. The molecular formula is C17H25NO. The highest BCUT2D eigenvalue weighted by Gasteiger charge is 2.32. The molecule has 1 aliphatic carbocycles. The summed E-state index contributed by atoms with van der Waals surface area (Å²) in [5.74, 6) is 3.39. The van der Waals surface area contributed by atoms with Gasteiger partial charge in [-0.15, -0.1) is 0 Å². The van der Waals surface area contributed by atoms with E-state index < -0.39 is 0 Å². The lowest BCUT2D eigenvalue weighted by Crippen LogP contribution is -2.39. The number of benzene rings is 1. The summed E-state index contributed by atoms with van der Waals surface area (Å²) in [7, 11) is 2.12. The van der Waals surface area contributed by atoms with Crippen molar-refractivity contribution in [1.82, 2.24) is 5.32 Å². The van der Waals surface area contributed by atoms with Gasteiger partial charge in [-0.1, -0.05) is 25.1 Å². The topological polar surface area (TPSA) is 21.3 Å². The maximum atomic E-state index is 5.83. The fourth-order valence-corrected chi connectivity index (χ4v) is 3.93. The van der Waals surface area contributed by atoms with E-state index in [0.29, 0.717) is 12.0 Å². The molecule has 1 fully saturated rings. The van der Waals surface area contributed by atoms with Crippen LogP contribution in [0.5, 0.6) is 5.75 Å². The Balaban J connectivity index is 1.71. The summed E-state index contributed by atoms with van der Waals surface area (Å²) in [6.07, 6.45) is 5.34. The molecule has 0 radical (unpaired) electrons. The van der Waals surface area contributed by atoms with Gasteiger partial charge in [0.25, 0.3) is 0 Å². The Morgan fingerprint density at radius 3 is 2.95 bits per heavy atom. The van der Waals surface area contributed by atoms with Crippen LogP contribution in [0.1, 0.15) is 44.1 Å². The minimum Gasteiger partial charge on any atom is -0.493 e. The lowest BCUT2D eigenvalue weighted by atomic mass is 9.74. The Bertz CT molecular complexity index is 431. The molecule has 4 unspecified atom stereocenters. The molecular weight excluding hydrogens is 234 g/mol. The third-order valence-corrected chi connectivity index (χ3v) is 5.00. The average molecular weight is 259 g/mol. The zero-order valence-corrected chi connectivity index (χ0v) is 12.1. The predicted molar refractivity (Wildman–Crippen MR) is 78.6 cm³/mol. The van der Waals surface area contributed by atoms with Gasteiger partial charge in [0.1, 0.15) is 5.75 Å². The van der Waals surface area contributed by atoms with E-state index in [0.717, 1.165) is 24.2 Å². The summed E-state index contributed by atoms with van der Waals surface area (Å²) in [5, 5.41) is 3.53. The van der Waals surface area contributed by atoms with Crippen molar-refractivity contribution >= 4 is 0 Å². The SMILES string of the molecule is CNC1CCC(C)CC1CC1COc2ccccc21. The maximum absolute atomic E-state index is 5.83. The molecule has 1 N–H and O–H groups in total. The highest BCUT2D eigenvalue weighted by molar-refractivity contribution is 5.39. The first-order chi connectivity index (χ1) is 9.28. The summed E-state index contributed by atoms with van der Waals surface area (Å²) in [6.45, 7) is 3.28. The second kappa shape index (κ2) is 5.54. The minimum atomic E-state index is 0.599. The summed E-state index contributed by atoms with van der Waals surface area (Å²) in [4.78, 5) is 0. The molecule has 0 bridgehead atoms. The van der Waals surface area contributed by atoms with Gasteiger partial charge in [-0.05, 0) is 50.6 Å². The van der Waals surface area contributed by atoms with Crippen molar-refractivity contribution in [1.29, 1.82) is 0 Å². The van der Waals surface area contributed by atoms with E-state index in [9.17, 15) is 0 Å². The van der Waals surface area contributed by atoms with Crippen LogP contribution in [0.25, 0.3) is 0 Å². The van der Waals surface area contributed by atoms with Gasteiger partial charge in [-0.3, -0.25) is 0 Å². The van der Waals surface area contributed by atoms with E-state index in [4.69, 9.17) is 4.74 Å². The predicted octanol–water partition coefficient (Wildman–Crippen LogP) is 3.58. The number of fused-ring (bicyclic) bond motifs is 1. The fourth-order valence-electron chi connectivity index (χ4n) is 3.93. The molecule has 2 heteroatoms. The molecule has 1 heterocycles. The van der Waals surface area contributed by atoms with Crippen LogP contribution in [0.3, 0.4) is 0 Å². The van der Waals surface area contributed by atoms with Gasteiger partial charge in [0.05, 0.1) is 6.61 Å². The third kappa shape index (κ3) is 2.64. The van der Waals surface area contributed by atoms with Crippen molar-refractivity contribution < 1.29 is 4.74 Å². The van der Waals surface area contributed by atoms with Crippen LogP contribution in [-0.2, 0) is 0 Å². The number of ether oxygens (including phenoxy) is 1. The molecule has 1 aromatic rings. The van der Waals surface area contributed by atoms with Crippen LogP contribution in [0, 0.1) is 11.8 Å². The van der Waals surface area contributed by atoms with Crippen molar-refractivity contribution in [2.45, 2.75) is 44.6 Å². The van der Waals surface area contributed by atoms with E-state index in [2.05, 4.69) is 43.6 Å². The Labute approximate surface area is 116 Å². The van der Waals surface area contributed by atoms with Crippen molar-refractivity contribution in [3.8, 4) is 5.75 Å². The molecule has 0 aromatic heterocycles. The first-order valence-corrected chi connectivity index (χ1v) is 7.67. The molecule has 104 valence electrons. The number of para-hydroxylation sites is 1. The van der Waals surface area contributed by atoms with Gasteiger partial charge in [0.15, 0.2) is 0 Å². The zero-order valence-electron chi connectivity index (χ0n) is 12.1. The Kier molecular flexibility index (Phi) is 3.79. The normalized spacial score (nSPS) is 33.8. The highest BCUT2D eigenvalue weighted by Crippen LogP contribution is 2.41. The second-order valence-corrected chi connectivity index (χ2v) is 6.35. The van der Waals surface area contributed by atoms with Crippen molar-refractivity contribution in [3.63, 3.8) is 0 Å². The largest absolute Gasteiger partial charge is 0.493 e. The van der Waals surface area contributed by atoms with Crippen molar-refractivity contribution in [2.75, 3.05) is 13.7 Å². The maximum Gasteiger partial charge on any atom is 0.122 e. The third-order valence-electron chi connectivity index (χ3n) is 5.00. The molecule has 0 saturated heterocycles. The summed E-state index contributed by atoms with van der Waals surface area (Å²) >= 11 is 0. The summed E-state index contributed by atoms with van der Waals surface area (Å²) in [6, 6.07) is 9.26. The van der Waals surface area contributed by atoms with Crippen LogP contribution >= 0.6 is 0 Å². The number of hydrogen-bond donors (Lipinski definition) is 1. The van der Waals surface area contributed by atoms with Gasteiger partial charge in [-0.2, -0.15) is 0 Å². The van der Waals surface area contributed by atoms with Crippen LogP contribution < -0.4 is 10.1 Å². The molecule has 0 amide bonds. The van der Waals surface area contributed by atoms with Crippen LogP contribution in [0.2, 0.25) is 0 Å². The lowest BCUT2D eigenvalue weighted by Gasteiger charge is -2.36. The number of hydrogen-bond acceptors (Lipinski definition) is 2. The van der Waals surface area contributed by atoms with Gasteiger partial charge in [0.2, 0.25) is 0 Å². The molecule has 4 atom stereocenters. The van der Waals surface area contributed by atoms with Gasteiger partial charge >= 0.3 is 0 Å². The number of rotatable bonds is 3. The van der Waals surface area contributed by atoms with Crippen LogP contribution in [0.4, 0.5) is 0 Å². The standard InChI is InChI=1S/C17H25NO/c1-12-7-8-16(18-2)13(9-12)10-14-11-19-17-6-4-3-5-15(14)17/h3-6,12-14,16,18H,7-11H2,1-2H3. The van der Waals surface area contributed by atoms with Gasteiger partial charge in [0, 0.05) is 17.5 Å². The van der Waals surface area contributed by atoms with Crippen molar-refractivity contribution in [2.24, 2.45) is 11.8 Å². The fraction of sp³-hybridized carbons (Fsp3) is 0.647. The second-order valence-electron chi connectivity index (χ2n) is 6.35. The molecule has 3 rings (SSSR count). The first-order valence-electron chi connectivity index (χ1n) is 7.67. The first kappa shape index (κ1) is 13.0. The Hall–Kier alpha value is -1.02. The monoisotopic (exact) mass is 259 g/mol. The molecule has 0 spiro atoms. The zero-order chi connectivity index (χ0) is 13.2. The van der Waals surface area contributed by atoms with E-state index in [-0.39, 0.29) is 0 Å². The van der Waals surface area contributed by atoms with Crippen molar-refractivity contribution in [3.05, 3.63) is 29.8 Å². The molecule has 19 heavy (non-hydrogen) atoms. The summed E-state index contributed by atoms with van der Waals surface area (Å²) in [5.41, 5.74) is 1.43.